The van der Waals surface area contributed by atoms with Gasteiger partial charge in [-0.1, -0.05) is 23.7 Å². The largest absolute Gasteiger partial charge is 0.497 e. The van der Waals surface area contributed by atoms with Crippen LogP contribution in [0.15, 0.2) is 60.9 Å². The Balaban J connectivity index is 0.000000360. The van der Waals surface area contributed by atoms with E-state index in [1.165, 1.54) is 0 Å². The molecule has 0 unspecified atom stereocenters. The molecule has 0 radical (unpaired) electrons. The Labute approximate surface area is 184 Å². The molecule has 1 amide bonds. The van der Waals surface area contributed by atoms with E-state index >= 15 is 0 Å². The van der Waals surface area contributed by atoms with Gasteiger partial charge in [0.05, 0.1) is 24.3 Å². The second kappa shape index (κ2) is 9.15. The molecule has 0 aliphatic heterocycles. The lowest BCUT2D eigenvalue weighted by Crippen LogP contribution is -2.22. The smallest absolute Gasteiger partial charge is 0.490 e. The summed E-state index contributed by atoms with van der Waals surface area (Å²) in [6.45, 7) is 0. The summed E-state index contributed by atoms with van der Waals surface area (Å²) >= 11 is 6.15. The number of aromatic nitrogens is 2. The molecule has 0 saturated heterocycles. The van der Waals surface area contributed by atoms with Crippen molar-refractivity contribution in [2.45, 2.75) is 6.18 Å². The summed E-state index contributed by atoms with van der Waals surface area (Å²) in [7, 11) is 1.57. The lowest BCUT2D eigenvalue weighted by atomic mass is 10.2. The molecule has 2 aromatic heterocycles. The van der Waals surface area contributed by atoms with Crippen molar-refractivity contribution >= 4 is 45.3 Å². The number of rotatable bonds is 3. The highest BCUT2D eigenvalue weighted by molar-refractivity contribution is 6.31. The highest BCUT2D eigenvalue weighted by Crippen LogP contribution is 2.29. The molecule has 32 heavy (non-hydrogen) atoms. The lowest BCUT2D eigenvalue weighted by Gasteiger charge is -2.10. The minimum Gasteiger partial charge on any atom is -0.497 e. The second-order valence-electron chi connectivity index (χ2n) is 6.37. The van der Waals surface area contributed by atoms with E-state index in [-0.39, 0.29) is 5.91 Å². The number of pyridine rings is 1. The molecule has 0 bridgehead atoms. The van der Waals surface area contributed by atoms with Crippen LogP contribution >= 0.6 is 11.6 Å². The number of carboxylic acid groups (broad SMARTS) is 1. The number of benzene rings is 2. The molecule has 2 N–H and O–H groups in total. The van der Waals surface area contributed by atoms with Crippen LogP contribution in [0.25, 0.3) is 21.8 Å². The Morgan fingerprint density at radius 1 is 1.09 bits per heavy atom. The van der Waals surface area contributed by atoms with Gasteiger partial charge in [0.25, 0.3) is 5.91 Å². The third-order valence-corrected chi connectivity index (χ3v) is 4.55. The van der Waals surface area contributed by atoms with Crippen LogP contribution in [0.4, 0.5) is 13.2 Å². The third kappa shape index (κ3) is 4.92. The Hall–Kier alpha value is -3.79. The van der Waals surface area contributed by atoms with Crippen molar-refractivity contribution in [3.8, 4) is 5.75 Å². The van der Waals surface area contributed by atoms with Gasteiger partial charge in [0.1, 0.15) is 5.75 Å². The number of halogens is 4. The van der Waals surface area contributed by atoms with Gasteiger partial charge in [-0.15, -0.1) is 0 Å². The first-order valence-corrected chi connectivity index (χ1v) is 9.29. The number of carbonyl (C=O) groups excluding carboxylic acids is 1. The standard InChI is InChI=1S/C19H14ClN3O2.C2HF3O2/c1-25-14-4-2-3-12(9-14)19(24)22-23-17-10-13(20)5-6-15(17)16-7-8-21-11-18(16)23;3-2(4,5)1(6)7/h2-11H,1H3,(H,22,24);(H,6,7). The third-order valence-electron chi connectivity index (χ3n) is 4.32. The van der Waals surface area contributed by atoms with Crippen LogP contribution in [-0.2, 0) is 4.79 Å². The van der Waals surface area contributed by atoms with Gasteiger partial charge < -0.3 is 9.84 Å². The van der Waals surface area contributed by atoms with E-state index < -0.39 is 12.1 Å². The van der Waals surface area contributed by atoms with Gasteiger partial charge >= 0.3 is 12.1 Å². The number of carboxylic acids is 1. The normalized spacial score (nSPS) is 11.0. The number of methoxy groups -OCH3 is 1. The Bertz CT molecular complexity index is 1300. The maximum Gasteiger partial charge on any atom is 0.490 e. The van der Waals surface area contributed by atoms with Crippen molar-refractivity contribution in [2.24, 2.45) is 0 Å². The predicted molar refractivity (Wildman–Crippen MR) is 113 cm³/mol. The van der Waals surface area contributed by atoms with Crippen LogP contribution in [-0.4, -0.2) is 39.9 Å². The molecule has 0 aliphatic rings. The summed E-state index contributed by atoms with van der Waals surface area (Å²) in [5.74, 6) is -2.38. The highest BCUT2D eigenvalue weighted by atomic mass is 35.5. The second-order valence-corrected chi connectivity index (χ2v) is 6.80. The molecule has 2 aromatic carbocycles. The van der Waals surface area contributed by atoms with Gasteiger partial charge in [0.15, 0.2) is 0 Å². The summed E-state index contributed by atoms with van der Waals surface area (Å²) in [5.41, 5.74) is 5.04. The first kappa shape index (κ1) is 22.9. The van der Waals surface area contributed by atoms with Crippen molar-refractivity contribution in [3.63, 3.8) is 0 Å². The van der Waals surface area contributed by atoms with Crippen molar-refractivity contribution in [1.29, 1.82) is 0 Å². The number of nitrogens with one attached hydrogen (secondary N) is 1. The number of hydrogen-bond acceptors (Lipinski definition) is 4. The van der Waals surface area contributed by atoms with Crippen LogP contribution in [0.1, 0.15) is 10.4 Å². The minimum absolute atomic E-state index is 0.249. The molecule has 0 aliphatic carbocycles. The molecule has 0 saturated carbocycles. The first-order valence-electron chi connectivity index (χ1n) is 8.91. The summed E-state index contributed by atoms with van der Waals surface area (Å²) in [5, 5.41) is 9.71. The van der Waals surface area contributed by atoms with E-state index in [1.54, 1.807) is 48.4 Å². The average Bonchev–Trinajstić information content (AvgIpc) is 3.06. The van der Waals surface area contributed by atoms with E-state index in [2.05, 4.69) is 10.4 Å². The number of carbonyl (C=O) groups is 2. The SMILES string of the molecule is COc1cccc(C(=O)Nn2c3cnccc3c3ccc(Cl)cc32)c1.O=C(O)C(F)(F)F. The molecule has 4 rings (SSSR count). The van der Waals surface area contributed by atoms with Crippen molar-refractivity contribution < 1.29 is 32.6 Å². The fourth-order valence-electron chi connectivity index (χ4n) is 2.89. The summed E-state index contributed by atoms with van der Waals surface area (Å²) < 4.78 is 38.6. The Morgan fingerprint density at radius 2 is 1.78 bits per heavy atom. The molecular weight excluding hydrogens is 451 g/mol. The van der Waals surface area contributed by atoms with E-state index in [1.807, 2.05) is 24.3 Å². The minimum atomic E-state index is -5.08. The fraction of sp³-hybridized carbons (Fsp3) is 0.0952. The summed E-state index contributed by atoms with van der Waals surface area (Å²) in [6, 6.07) is 14.5. The van der Waals surface area contributed by atoms with E-state index in [9.17, 15) is 18.0 Å². The first-order chi connectivity index (χ1) is 15.1. The number of alkyl halides is 3. The molecule has 166 valence electrons. The van der Waals surface area contributed by atoms with Crippen LogP contribution < -0.4 is 10.2 Å². The number of nitrogens with zero attached hydrogens (tertiary/aromatic N) is 2. The van der Waals surface area contributed by atoms with Crippen LogP contribution in [0, 0.1) is 0 Å². The van der Waals surface area contributed by atoms with Crippen LogP contribution in [0.3, 0.4) is 0 Å². The lowest BCUT2D eigenvalue weighted by molar-refractivity contribution is -0.192. The molecule has 0 fully saturated rings. The number of fused-ring (bicyclic) bond motifs is 3. The molecule has 0 atom stereocenters. The van der Waals surface area contributed by atoms with Gasteiger partial charge in [-0.05, 0) is 36.4 Å². The van der Waals surface area contributed by atoms with Crippen molar-refractivity contribution in [2.75, 3.05) is 12.5 Å². The summed E-state index contributed by atoms with van der Waals surface area (Å²) in [6.07, 6.45) is -1.64. The zero-order valence-corrected chi connectivity index (χ0v) is 17.1. The maximum absolute atomic E-state index is 12.7. The number of ether oxygens (including phenoxy) is 1. The van der Waals surface area contributed by atoms with Gasteiger partial charge in [-0.3, -0.25) is 19.9 Å². The van der Waals surface area contributed by atoms with E-state index in [4.69, 9.17) is 26.2 Å². The van der Waals surface area contributed by atoms with Crippen molar-refractivity contribution in [1.82, 2.24) is 9.66 Å². The zero-order chi connectivity index (χ0) is 23.5. The van der Waals surface area contributed by atoms with Gasteiger partial charge in [0.2, 0.25) is 0 Å². The molecular formula is C21H15ClF3N3O4. The molecule has 0 spiro atoms. The quantitative estimate of drug-likeness (QED) is 0.450. The number of hydrogen-bond donors (Lipinski definition) is 2. The molecule has 4 aromatic rings. The van der Waals surface area contributed by atoms with Crippen molar-refractivity contribution in [3.05, 3.63) is 71.5 Å². The highest BCUT2D eigenvalue weighted by Gasteiger charge is 2.38. The van der Waals surface area contributed by atoms with E-state index in [0.717, 1.165) is 21.8 Å². The van der Waals surface area contributed by atoms with Gasteiger partial charge in [0, 0.05) is 27.6 Å². The monoisotopic (exact) mass is 465 g/mol. The van der Waals surface area contributed by atoms with Gasteiger partial charge in [-0.2, -0.15) is 13.2 Å². The predicted octanol–water partition coefficient (Wildman–Crippen LogP) is 4.87. The Morgan fingerprint density at radius 3 is 2.44 bits per heavy atom. The van der Waals surface area contributed by atoms with E-state index in [0.29, 0.717) is 16.3 Å². The fourth-order valence-corrected chi connectivity index (χ4v) is 3.06. The Kier molecular flexibility index (Phi) is 6.54. The van der Waals surface area contributed by atoms with Crippen LogP contribution in [0.2, 0.25) is 5.02 Å². The number of amides is 1. The molecule has 11 heteroatoms. The van der Waals surface area contributed by atoms with Gasteiger partial charge in [-0.25, -0.2) is 4.79 Å². The topological polar surface area (TPSA) is 93.5 Å². The van der Waals surface area contributed by atoms with Crippen LogP contribution in [0.5, 0.6) is 5.75 Å². The summed E-state index contributed by atoms with van der Waals surface area (Å²) in [4.78, 5) is 25.8. The average molecular weight is 466 g/mol. The number of aliphatic carboxylic acids is 1. The molecule has 2 heterocycles. The zero-order valence-electron chi connectivity index (χ0n) is 16.4. The maximum atomic E-state index is 12.7. The molecule has 7 nitrogen and oxygen atoms in total.